The normalized spacial score (nSPS) is 21.8. The van der Waals surface area contributed by atoms with Crippen molar-refractivity contribution < 1.29 is 14.3 Å². The molecule has 0 radical (unpaired) electrons. The number of nitrogens with zero attached hydrogens (tertiary/aromatic N) is 4. The molecule has 8 nitrogen and oxygen atoms in total. The highest BCUT2D eigenvalue weighted by Crippen LogP contribution is 2.33. The van der Waals surface area contributed by atoms with Crippen molar-refractivity contribution in [3.8, 4) is 5.75 Å². The number of hydrogen-bond acceptors (Lipinski definition) is 7. The second-order valence-electron chi connectivity index (χ2n) is 8.27. The monoisotopic (exact) mass is 449 g/mol. The lowest BCUT2D eigenvalue weighted by molar-refractivity contribution is -0.118. The van der Waals surface area contributed by atoms with Crippen LogP contribution < -0.4 is 15.0 Å². The minimum absolute atomic E-state index is 0.0684. The maximum absolute atomic E-state index is 12.4. The summed E-state index contributed by atoms with van der Waals surface area (Å²) in [4.78, 5) is 27.6. The Balaban J connectivity index is 1.41. The molecule has 1 amide bonds. The second-order valence-corrected chi connectivity index (χ2v) is 8.27. The standard InChI is InChI=1S/C25H31N5O3/c1-3-4-5-21(26-2)25(31)29-18-6-8-20(9-7-18)33-23-17-19(30-12-14-32-15-13-30)16-22-24(23)28-11-10-27-22/h3-5,10-11,16-18,20H,2,6-9,12-15H2,1H3,(H,29,31)/b4-3-,21-5-. The van der Waals surface area contributed by atoms with Crippen LogP contribution in [0.4, 0.5) is 5.69 Å². The van der Waals surface area contributed by atoms with Gasteiger partial charge in [-0.2, -0.15) is 0 Å². The minimum atomic E-state index is -0.188. The van der Waals surface area contributed by atoms with Gasteiger partial charge in [-0.15, -0.1) is 0 Å². The van der Waals surface area contributed by atoms with Gasteiger partial charge in [0.1, 0.15) is 17.0 Å². The first kappa shape index (κ1) is 22.9. The molecule has 2 fully saturated rings. The van der Waals surface area contributed by atoms with E-state index in [1.165, 1.54) is 0 Å². The molecular weight excluding hydrogens is 418 g/mol. The molecule has 1 saturated carbocycles. The Morgan fingerprint density at radius 1 is 1.21 bits per heavy atom. The molecule has 174 valence electrons. The molecule has 1 aromatic heterocycles. The highest BCUT2D eigenvalue weighted by atomic mass is 16.5. The van der Waals surface area contributed by atoms with Crippen LogP contribution in [0.3, 0.4) is 0 Å². The molecule has 0 bridgehead atoms. The van der Waals surface area contributed by atoms with Crippen LogP contribution in [0.1, 0.15) is 32.6 Å². The third-order valence-corrected chi connectivity index (χ3v) is 6.05. The summed E-state index contributed by atoms with van der Waals surface area (Å²) in [6.07, 6.45) is 12.2. The first-order chi connectivity index (χ1) is 16.2. The zero-order valence-electron chi connectivity index (χ0n) is 19.1. The van der Waals surface area contributed by atoms with Crippen molar-refractivity contribution in [2.24, 2.45) is 4.99 Å². The molecule has 1 saturated heterocycles. The van der Waals surface area contributed by atoms with Gasteiger partial charge in [-0.05, 0) is 51.5 Å². The van der Waals surface area contributed by atoms with Gasteiger partial charge >= 0.3 is 0 Å². The van der Waals surface area contributed by atoms with Gasteiger partial charge in [0.05, 0.1) is 24.8 Å². The van der Waals surface area contributed by atoms with Crippen LogP contribution in [0, 0.1) is 0 Å². The lowest BCUT2D eigenvalue weighted by atomic mass is 9.92. The Labute approximate surface area is 194 Å². The van der Waals surface area contributed by atoms with Crippen molar-refractivity contribution in [3.63, 3.8) is 0 Å². The van der Waals surface area contributed by atoms with Crippen molar-refractivity contribution >= 4 is 29.3 Å². The van der Waals surface area contributed by atoms with Crippen molar-refractivity contribution in [2.75, 3.05) is 31.2 Å². The smallest absolute Gasteiger partial charge is 0.270 e. The zero-order chi connectivity index (χ0) is 23.0. The number of aliphatic imine (C=N–C) groups is 1. The molecule has 8 heteroatoms. The number of benzene rings is 1. The van der Waals surface area contributed by atoms with E-state index in [2.05, 4.69) is 44.0 Å². The Hall–Kier alpha value is -3.26. The number of ether oxygens (including phenoxy) is 2. The fourth-order valence-electron chi connectivity index (χ4n) is 4.27. The minimum Gasteiger partial charge on any atom is -0.488 e. The number of aromatic nitrogens is 2. The molecule has 1 N–H and O–H groups in total. The summed E-state index contributed by atoms with van der Waals surface area (Å²) >= 11 is 0. The van der Waals surface area contributed by atoms with Crippen LogP contribution in [0.2, 0.25) is 0 Å². The number of nitrogens with one attached hydrogen (secondary N) is 1. The Morgan fingerprint density at radius 2 is 1.97 bits per heavy atom. The van der Waals surface area contributed by atoms with Gasteiger partial charge in [0, 0.05) is 43.3 Å². The average Bonchev–Trinajstić information content (AvgIpc) is 2.86. The third-order valence-electron chi connectivity index (χ3n) is 6.05. The maximum atomic E-state index is 12.4. The highest BCUT2D eigenvalue weighted by Gasteiger charge is 2.25. The van der Waals surface area contributed by atoms with Crippen LogP contribution in [0.5, 0.6) is 5.75 Å². The molecule has 1 aromatic carbocycles. The molecule has 2 heterocycles. The predicted octanol–water partition coefficient (Wildman–Crippen LogP) is 3.43. The molecule has 33 heavy (non-hydrogen) atoms. The van der Waals surface area contributed by atoms with Gasteiger partial charge in [0.2, 0.25) is 0 Å². The summed E-state index contributed by atoms with van der Waals surface area (Å²) in [6.45, 7) is 8.52. The molecule has 1 aliphatic heterocycles. The summed E-state index contributed by atoms with van der Waals surface area (Å²) in [5, 5.41) is 3.07. The number of allylic oxidation sites excluding steroid dienone is 3. The van der Waals surface area contributed by atoms with E-state index in [4.69, 9.17) is 9.47 Å². The maximum Gasteiger partial charge on any atom is 0.270 e. The molecule has 4 rings (SSSR count). The fraction of sp³-hybridized carbons (Fsp3) is 0.440. The molecule has 2 aromatic rings. The van der Waals surface area contributed by atoms with Gasteiger partial charge in [-0.3, -0.25) is 14.8 Å². The fourth-order valence-corrected chi connectivity index (χ4v) is 4.27. The van der Waals surface area contributed by atoms with Crippen molar-refractivity contribution in [2.45, 2.75) is 44.8 Å². The van der Waals surface area contributed by atoms with E-state index >= 15 is 0 Å². The largest absolute Gasteiger partial charge is 0.488 e. The topological polar surface area (TPSA) is 88.9 Å². The number of morpholine rings is 1. The van der Waals surface area contributed by atoms with E-state index in [0.29, 0.717) is 5.70 Å². The predicted molar refractivity (Wildman–Crippen MR) is 130 cm³/mol. The third kappa shape index (κ3) is 5.76. The van der Waals surface area contributed by atoms with Crippen molar-refractivity contribution in [1.29, 1.82) is 0 Å². The molecular formula is C25H31N5O3. The number of anilines is 1. The highest BCUT2D eigenvalue weighted by molar-refractivity contribution is 5.94. The van der Waals surface area contributed by atoms with Crippen LogP contribution in [-0.4, -0.2) is 61.0 Å². The number of carbonyl (C=O) groups excluding carboxylic acids is 1. The van der Waals surface area contributed by atoms with E-state index in [1.54, 1.807) is 24.5 Å². The van der Waals surface area contributed by atoms with Crippen molar-refractivity contribution in [3.05, 3.63) is 48.5 Å². The number of amides is 1. The van der Waals surface area contributed by atoms with Crippen molar-refractivity contribution in [1.82, 2.24) is 15.3 Å². The number of rotatable bonds is 7. The van der Waals surface area contributed by atoms with Gasteiger partial charge in [0.25, 0.3) is 5.91 Å². The summed E-state index contributed by atoms with van der Waals surface area (Å²) in [7, 11) is 0. The molecule has 1 aliphatic carbocycles. The SMILES string of the molecule is C=N/C(=C\C=C/C)C(=O)NC1CCC(Oc2cc(N3CCOCC3)cc3nccnc23)CC1. The Bertz CT molecular complexity index is 1040. The van der Waals surface area contributed by atoms with E-state index in [9.17, 15) is 4.79 Å². The van der Waals surface area contributed by atoms with Gasteiger partial charge in [0.15, 0.2) is 0 Å². The first-order valence-electron chi connectivity index (χ1n) is 11.5. The average molecular weight is 450 g/mol. The summed E-state index contributed by atoms with van der Waals surface area (Å²) in [6, 6.07) is 4.24. The second kappa shape index (κ2) is 11.0. The first-order valence-corrected chi connectivity index (χ1v) is 11.5. The van der Waals surface area contributed by atoms with Crippen LogP contribution in [-0.2, 0) is 9.53 Å². The van der Waals surface area contributed by atoms with Gasteiger partial charge in [-0.1, -0.05) is 12.2 Å². The molecule has 2 aliphatic rings. The van der Waals surface area contributed by atoms with E-state index in [-0.39, 0.29) is 18.1 Å². The van der Waals surface area contributed by atoms with Crippen LogP contribution in [0.25, 0.3) is 11.0 Å². The summed E-state index contributed by atoms with van der Waals surface area (Å²) < 4.78 is 11.9. The van der Waals surface area contributed by atoms with E-state index < -0.39 is 0 Å². The summed E-state index contributed by atoms with van der Waals surface area (Å²) in [5.41, 5.74) is 3.02. The van der Waals surface area contributed by atoms with E-state index in [1.807, 2.05) is 13.0 Å². The van der Waals surface area contributed by atoms with Crippen LogP contribution >= 0.6 is 0 Å². The molecule has 0 atom stereocenters. The lowest BCUT2D eigenvalue weighted by Crippen LogP contribution is -2.40. The van der Waals surface area contributed by atoms with Crippen LogP contribution in [0.15, 0.2) is 53.4 Å². The number of carbonyl (C=O) groups is 1. The molecule has 0 spiro atoms. The zero-order valence-corrected chi connectivity index (χ0v) is 19.1. The Morgan fingerprint density at radius 3 is 2.70 bits per heavy atom. The molecule has 0 unspecified atom stereocenters. The van der Waals surface area contributed by atoms with Gasteiger partial charge < -0.3 is 19.7 Å². The Kier molecular flexibility index (Phi) is 7.67. The number of fused-ring (bicyclic) bond motifs is 1. The lowest BCUT2D eigenvalue weighted by Gasteiger charge is -2.31. The van der Waals surface area contributed by atoms with Gasteiger partial charge in [-0.25, -0.2) is 4.98 Å². The van der Waals surface area contributed by atoms with E-state index in [0.717, 1.165) is 74.5 Å². The quantitative estimate of drug-likeness (QED) is 0.396. The number of hydrogen-bond donors (Lipinski definition) is 1. The summed E-state index contributed by atoms with van der Waals surface area (Å²) in [5.74, 6) is 0.578.